The zero-order valence-electron chi connectivity index (χ0n) is 11.7. The normalized spacial score (nSPS) is 9.89. The Labute approximate surface area is 113 Å². The monoisotopic (exact) mass is 265 g/mol. The summed E-state index contributed by atoms with van der Waals surface area (Å²) in [5.41, 5.74) is 1.64. The van der Waals surface area contributed by atoms with Crippen LogP contribution in [-0.4, -0.2) is 32.6 Å². The van der Waals surface area contributed by atoms with Crippen LogP contribution in [0.5, 0.6) is 5.75 Å². The standard InChI is InChI=1S/C14H19NO4/c1-5-19-14(17)9-13(16)15(3)11-6-7-12(18-4)10(2)8-11/h6-8H,5,9H2,1-4H3. The molecular weight excluding hydrogens is 246 g/mol. The predicted molar refractivity (Wildman–Crippen MR) is 72.4 cm³/mol. The zero-order chi connectivity index (χ0) is 14.4. The van der Waals surface area contributed by atoms with Crippen molar-refractivity contribution in [2.75, 3.05) is 25.7 Å². The van der Waals surface area contributed by atoms with Crippen LogP contribution in [0.2, 0.25) is 0 Å². The van der Waals surface area contributed by atoms with Crippen molar-refractivity contribution in [2.24, 2.45) is 0 Å². The maximum atomic E-state index is 11.9. The number of esters is 1. The lowest BCUT2D eigenvalue weighted by Crippen LogP contribution is -2.29. The molecule has 0 saturated carbocycles. The lowest BCUT2D eigenvalue weighted by atomic mass is 10.2. The fraction of sp³-hybridized carbons (Fsp3) is 0.429. The average Bonchev–Trinajstić information content (AvgIpc) is 2.37. The Morgan fingerprint density at radius 1 is 1.32 bits per heavy atom. The third-order valence-electron chi connectivity index (χ3n) is 2.74. The Morgan fingerprint density at radius 2 is 2.00 bits per heavy atom. The highest BCUT2D eigenvalue weighted by atomic mass is 16.5. The SMILES string of the molecule is CCOC(=O)CC(=O)N(C)c1ccc(OC)c(C)c1. The Hall–Kier alpha value is -2.04. The summed E-state index contributed by atoms with van der Waals surface area (Å²) >= 11 is 0. The molecule has 19 heavy (non-hydrogen) atoms. The number of hydrogen-bond acceptors (Lipinski definition) is 4. The molecule has 1 rings (SSSR count). The Balaban J connectivity index is 2.76. The second-order valence-corrected chi connectivity index (χ2v) is 4.09. The van der Waals surface area contributed by atoms with Crippen LogP contribution in [-0.2, 0) is 14.3 Å². The maximum absolute atomic E-state index is 11.9. The lowest BCUT2D eigenvalue weighted by Gasteiger charge is -2.18. The van der Waals surface area contributed by atoms with E-state index in [0.717, 1.165) is 11.3 Å². The van der Waals surface area contributed by atoms with E-state index in [-0.39, 0.29) is 18.9 Å². The van der Waals surface area contributed by atoms with Crippen molar-refractivity contribution >= 4 is 17.6 Å². The van der Waals surface area contributed by atoms with Gasteiger partial charge in [-0.1, -0.05) is 0 Å². The van der Waals surface area contributed by atoms with E-state index in [1.54, 1.807) is 33.2 Å². The van der Waals surface area contributed by atoms with E-state index >= 15 is 0 Å². The summed E-state index contributed by atoms with van der Waals surface area (Å²) in [7, 11) is 3.22. The molecule has 5 nitrogen and oxygen atoms in total. The molecule has 0 bridgehead atoms. The van der Waals surface area contributed by atoms with Crippen LogP contribution in [0.4, 0.5) is 5.69 Å². The van der Waals surface area contributed by atoms with E-state index < -0.39 is 5.97 Å². The third kappa shape index (κ3) is 3.98. The molecule has 1 amide bonds. The highest BCUT2D eigenvalue weighted by Crippen LogP contribution is 2.23. The number of rotatable bonds is 5. The first-order valence-electron chi connectivity index (χ1n) is 6.06. The third-order valence-corrected chi connectivity index (χ3v) is 2.74. The molecule has 0 radical (unpaired) electrons. The Morgan fingerprint density at radius 3 is 2.53 bits per heavy atom. The number of benzene rings is 1. The molecule has 0 aliphatic heterocycles. The van der Waals surface area contributed by atoms with E-state index in [9.17, 15) is 9.59 Å². The number of carbonyl (C=O) groups is 2. The molecule has 0 N–H and O–H groups in total. The molecule has 0 heterocycles. The molecule has 0 aliphatic carbocycles. The van der Waals surface area contributed by atoms with Crippen LogP contribution in [0.25, 0.3) is 0 Å². The van der Waals surface area contributed by atoms with Crippen molar-refractivity contribution < 1.29 is 19.1 Å². The van der Waals surface area contributed by atoms with E-state index in [1.165, 1.54) is 4.90 Å². The molecule has 0 aromatic heterocycles. The molecular formula is C14H19NO4. The maximum Gasteiger partial charge on any atom is 0.315 e. The van der Waals surface area contributed by atoms with Gasteiger partial charge in [0.2, 0.25) is 5.91 Å². The summed E-state index contributed by atoms with van der Waals surface area (Å²) in [6.45, 7) is 3.88. The van der Waals surface area contributed by atoms with Crippen LogP contribution in [0, 0.1) is 6.92 Å². The lowest BCUT2D eigenvalue weighted by molar-refractivity contribution is -0.145. The van der Waals surface area contributed by atoms with E-state index in [2.05, 4.69) is 0 Å². The number of ether oxygens (including phenoxy) is 2. The highest BCUT2D eigenvalue weighted by molar-refractivity contribution is 6.03. The molecule has 1 aromatic carbocycles. The first-order chi connectivity index (χ1) is 8.99. The van der Waals surface area contributed by atoms with Crippen LogP contribution >= 0.6 is 0 Å². The van der Waals surface area contributed by atoms with Crippen molar-refractivity contribution in [2.45, 2.75) is 20.3 Å². The van der Waals surface area contributed by atoms with E-state index in [1.807, 2.05) is 13.0 Å². The van der Waals surface area contributed by atoms with Gasteiger partial charge in [0.15, 0.2) is 0 Å². The van der Waals surface area contributed by atoms with Crippen molar-refractivity contribution in [3.8, 4) is 5.75 Å². The van der Waals surface area contributed by atoms with Gasteiger partial charge in [-0.3, -0.25) is 9.59 Å². The summed E-state index contributed by atoms with van der Waals surface area (Å²) in [5, 5.41) is 0. The number of methoxy groups -OCH3 is 1. The molecule has 0 aliphatic rings. The molecule has 1 aromatic rings. The summed E-state index contributed by atoms with van der Waals surface area (Å²) in [5.74, 6) is -0.0532. The number of carbonyl (C=O) groups excluding carboxylic acids is 2. The van der Waals surface area contributed by atoms with Gasteiger partial charge in [0, 0.05) is 12.7 Å². The minimum absolute atomic E-state index is 0.255. The molecule has 0 atom stereocenters. The predicted octanol–water partition coefficient (Wildman–Crippen LogP) is 1.92. The van der Waals surface area contributed by atoms with Gasteiger partial charge in [0.1, 0.15) is 12.2 Å². The van der Waals surface area contributed by atoms with Crippen molar-refractivity contribution in [3.63, 3.8) is 0 Å². The summed E-state index contributed by atoms with van der Waals surface area (Å²) < 4.78 is 9.91. The Kier molecular flexibility index (Phi) is 5.36. The van der Waals surface area contributed by atoms with Crippen LogP contribution in [0.3, 0.4) is 0 Å². The van der Waals surface area contributed by atoms with Crippen LogP contribution in [0.15, 0.2) is 18.2 Å². The minimum Gasteiger partial charge on any atom is -0.496 e. The quantitative estimate of drug-likeness (QED) is 0.603. The largest absolute Gasteiger partial charge is 0.496 e. The van der Waals surface area contributed by atoms with Gasteiger partial charge in [-0.15, -0.1) is 0 Å². The van der Waals surface area contributed by atoms with Crippen molar-refractivity contribution in [3.05, 3.63) is 23.8 Å². The molecule has 0 unspecified atom stereocenters. The molecule has 0 saturated heterocycles. The first-order valence-corrected chi connectivity index (χ1v) is 6.06. The molecule has 0 fully saturated rings. The van der Waals surface area contributed by atoms with Gasteiger partial charge in [0.05, 0.1) is 13.7 Å². The first kappa shape index (κ1) is 15.0. The minimum atomic E-state index is -0.510. The summed E-state index contributed by atoms with van der Waals surface area (Å²) in [6.07, 6.45) is -0.255. The van der Waals surface area contributed by atoms with Crippen molar-refractivity contribution in [1.82, 2.24) is 0 Å². The fourth-order valence-electron chi connectivity index (χ4n) is 1.67. The van der Waals surface area contributed by atoms with Crippen LogP contribution in [0.1, 0.15) is 18.9 Å². The van der Waals surface area contributed by atoms with Gasteiger partial charge >= 0.3 is 5.97 Å². The number of anilines is 1. The fourth-order valence-corrected chi connectivity index (χ4v) is 1.67. The smallest absolute Gasteiger partial charge is 0.315 e. The average molecular weight is 265 g/mol. The second kappa shape index (κ2) is 6.78. The van der Waals surface area contributed by atoms with Gasteiger partial charge in [0.25, 0.3) is 0 Å². The number of aryl methyl sites for hydroxylation is 1. The molecule has 0 spiro atoms. The van der Waals surface area contributed by atoms with Gasteiger partial charge in [-0.2, -0.15) is 0 Å². The highest BCUT2D eigenvalue weighted by Gasteiger charge is 2.16. The summed E-state index contributed by atoms with van der Waals surface area (Å²) in [6, 6.07) is 5.40. The van der Waals surface area contributed by atoms with E-state index in [4.69, 9.17) is 9.47 Å². The zero-order valence-corrected chi connectivity index (χ0v) is 11.7. The molecule has 5 heteroatoms. The van der Waals surface area contributed by atoms with Gasteiger partial charge in [-0.25, -0.2) is 0 Å². The number of nitrogens with zero attached hydrogens (tertiary/aromatic N) is 1. The van der Waals surface area contributed by atoms with Gasteiger partial charge in [-0.05, 0) is 37.6 Å². The van der Waals surface area contributed by atoms with Crippen molar-refractivity contribution in [1.29, 1.82) is 0 Å². The second-order valence-electron chi connectivity index (χ2n) is 4.09. The number of amides is 1. The van der Waals surface area contributed by atoms with Crippen LogP contribution < -0.4 is 9.64 Å². The Bertz CT molecular complexity index is 471. The van der Waals surface area contributed by atoms with Gasteiger partial charge < -0.3 is 14.4 Å². The molecule has 104 valence electrons. The topological polar surface area (TPSA) is 55.8 Å². The number of hydrogen-bond donors (Lipinski definition) is 0. The van der Waals surface area contributed by atoms with E-state index in [0.29, 0.717) is 5.69 Å². The summed E-state index contributed by atoms with van der Waals surface area (Å²) in [4.78, 5) is 24.6.